The van der Waals surface area contributed by atoms with E-state index in [9.17, 15) is 5.11 Å². The second-order valence-corrected chi connectivity index (χ2v) is 5.60. The molecule has 0 radical (unpaired) electrons. The lowest BCUT2D eigenvalue weighted by Crippen LogP contribution is -2.35. The van der Waals surface area contributed by atoms with Gasteiger partial charge in [0.25, 0.3) is 0 Å². The highest BCUT2D eigenvalue weighted by atomic mass is 16.3. The average molecular weight is 227 g/mol. The standard InChI is InChI=1S/C14H29NO/c1-4-14(16)6-5-11-15(3)13-9-7-12(2)8-10-13/h12-14,16H,4-11H2,1-3H3. The van der Waals surface area contributed by atoms with Gasteiger partial charge < -0.3 is 10.0 Å². The molecule has 0 heterocycles. The van der Waals surface area contributed by atoms with Crippen LogP contribution in [0.4, 0.5) is 0 Å². The first-order valence-corrected chi connectivity index (χ1v) is 7.01. The smallest absolute Gasteiger partial charge is 0.0538 e. The minimum atomic E-state index is -0.0835. The van der Waals surface area contributed by atoms with Crippen molar-refractivity contribution < 1.29 is 5.11 Å². The van der Waals surface area contributed by atoms with Gasteiger partial charge in [-0.1, -0.05) is 13.8 Å². The van der Waals surface area contributed by atoms with E-state index in [0.29, 0.717) is 0 Å². The third-order valence-corrected chi connectivity index (χ3v) is 4.13. The van der Waals surface area contributed by atoms with Crippen molar-refractivity contribution >= 4 is 0 Å². The Morgan fingerprint density at radius 2 is 1.88 bits per heavy atom. The fourth-order valence-corrected chi connectivity index (χ4v) is 2.65. The number of nitrogens with zero attached hydrogens (tertiary/aromatic N) is 1. The molecule has 0 aromatic carbocycles. The van der Waals surface area contributed by atoms with Crippen LogP contribution in [0.25, 0.3) is 0 Å². The van der Waals surface area contributed by atoms with Crippen LogP contribution in [0.5, 0.6) is 0 Å². The van der Waals surface area contributed by atoms with E-state index in [1.54, 1.807) is 0 Å². The van der Waals surface area contributed by atoms with Crippen LogP contribution >= 0.6 is 0 Å². The van der Waals surface area contributed by atoms with E-state index in [4.69, 9.17) is 0 Å². The van der Waals surface area contributed by atoms with Gasteiger partial charge in [-0.05, 0) is 64.5 Å². The zero-order chi connectivity index (χ0) is 12.0. The molecular weight excluding hydrogens is 198 g/mol. The Kier molecular flexibility index (Phi) is 6.37. The lowest BCUT2D eigenvalue weighted by molar-refractivity contribution is 0.135. The SMILES string of the molecule is CCC(O)CCCN(C)C1CCC(C)CC1. The molecule has 1 unspecified atom stereocenters. The largest absolute Gasteiger partial charge is 0.393 e. The summed E-state index contributed by atoms with van der Waals surface area (Å²) in [5.74, 6) is 0.937. The maximum atomic E-state index is 9.50. The zero-order valence-electron chi connectivity index (χ0n) is 11.3. The molecule has 1 saturated carbocycles. The quantitative estimate of drug-likeness (QED) is 0.754. The van der Waals surface area contributed by atoms with Gasteiger partial charge in [-0.2, -0.15) is 0 Å². The Morgan fingerprint density at radius 3 is 2.44 bits per heavy atom. The number of hydrogen-bond donors (Lipinski definition) is 1. The van der Waals surface area contributed by atoms with Crippen molar-refractivity contribution in [1.29, 1.82) is 0 Å². The van der Waals surface area contributed by atoms with E-state index in [2.05, 4.69) is 25.8 Å². The number of aliphatic hydroxyl groups excluding tert-OH is 1. The highest BCUT2D eigenvalue weighted by Gasteiger charge is 2.21. The highest BCUT2D eigenvalue weighted by molar-refractivity contribution is 4.76. The van der Waals surface area contributed by atoms with Crippen molar-refractivity contribution in [3.05, 3.63) is 0 Å². The number of rotatable bonds is 6. The summed E-state index contributed by atoms with van der Waals surface area (Å²) in [6, 6.07) is 0.801. The predicted octanol–water partition coefficient (Wildman–Crippen LogP) is 3.05. The molecule has 0 aromatic heterocycles. The molecule has 0 aliphatic heterocycles. The minimum Gasteiger partial charge on any atom is -0.393 e. The van der Waals surface area contributed by atoms with Gasteiger partial charge in [0.15, 0.2) is 0 Å². The van der Waals surface area contributed by atoms with Crippen molar-refractivity contribution in [3.63, 3.8) is 0 Å². The molecule has 0 aromatic rings. The Morgan fingerprint density at radius 1 is 1.25 bits per heavy atom. The van der Waals surface area contributed by atoms with Crippen molar-refractivity contribution in [2.45, 2.75) is 70.9 Å². The van der Waals surface area contributed by atoms with E-state index in [1.807, 2.05) is 0 Å². The summed E-state index contributed by atoms with van der Waals surface area (Å²) in [6.45, 7) is 5.57. The van der Waals surface area contributed by atoms with Crippen molar-refractivity contribution in [2.75, 3.05) is 13.6 Å². The van der Waals surface area contributed by atoms with Crippen LogP contribution in [0.1, 0.15) is 58.8 Å². The lowest BCUT2D eigenvalue weighted by atomic mass is 9.86. The van der Waals surface area contributed by atoms with Gasteiger partial charge >= 0.3 is 0 Å². The topological polar surface area (TPSA) is 23.5 Å². The van der Waals surface area contributed by atoms with Gasteiger partial charge in [0.05, 0.1) is 6.10 Å². The summed E-state index contributed by atoms with van der Waals surface area (Å²) in [6.07, 6.45) is 8.44. The van der Waals surface area contributed by atoms with E-state index >= 15 is 0 Å². The molecule has 2 nitrogen and oxygen atoms in total. The van der Waals surface area contributed by atoms with Gasteiger partial charge in [-0.15, -0.1) is 0 Å². The minimum absolute atomic E-state index is 0.0835. The molecule has 0 bridgehead atoms. The number of aliphatic hydroxyl groups is 1. The molecule has 1 N–H and O–H groups in total. The van der Waals surface area contributed by atoms with Gasteiger partial charge in [0, 0.05) is 6.04 Å². The zero-order valence-corrected chi connectivity index (χ0v) is 11.3. The van der Waals surface area contributed by atoms with Crippen molar-refractivity contribution in [1.82, 2.24) is 4.90 Å². The molecule has 0 amide bonds. The molecular formula is C14H29NO. The second-order valence-electron chi connectivity index (χ2n) is 5.60. The van der Waals surface area contributed by atoms with Gasteiger partial charge in [-0.3, -0.25) is 0 Å². The van der Waals surface area contributed by atoms with E-state index in [1.165, 1.54) is 25.7 Å². The fraction of sp³-hybridized carbons (Fsp3) is 1.00. The first-order valence-electron chi connectivity index (χ1n) is 7.01. The van der Waals surface area contributed by atoms with Crippen molar-refractivity contribution in [3.8, 4) is 0 Å². The summed E-state index contributed by atoms with van der Waals surface area (Å²) >= 11 is 0. The monoisotopic (exact) mass is 227 g/mol. The maximum Gasteiger partial charge on any atom is 0.0538 e. The van der Waals surface area contributed by atoms with Crippen LogP contribution in [0, 0.1) is 5.92 Å². The first kappa shape index (κ1) is 14.0. The molecule has 1 rings (SSSR count). The van der Waals surface area contributed by atoms with E-state index < -0.39 is 0 Å². The Balaban J connectivity index is 2.12. The van der Waals surface area contributed by atoms with Crippen LogP contribution in [0.15, 0.2) is 0 Å². The normalized spacial score (nSPS) is 28.3. The average Bonchev–Trinajstić information content (AvgIpc) is 2.29. The molecule has 1 atom stereocenters. The molecule has 1 aliphatic carbocycles. The summed E-state index contributed by atoms with van der Waals surface area (Å²) in [5, 5.41) is 9.50. The predicted molar refractivity (Wildman–Crippen MR) is 69.6 cm³/mol. The lowest BCUT2D eigenvalue weighted by Gasteiger charge is -2.33. The Labute approximate surface area is 101 Å². The fourth-order valence-electron chi connectivity index (χ4n) is 2.65. The van der Waals surface area contributed by atoms with Crippen LogP contribution in [0.2, 0.25) is 0 Å². The molecule has 16 heavy (non-hydrogen) atoms. The Hall–Kier alpha value is -0.0800. The summed E-state index contributed by atoms with van der Waals surface area (Å²) < 4.78 is 0. The summed E-state index contributed by atoms with van der Waals surface area (Å²) in [4.78, 5) is 2.51. The summed E-state index contributed by atoms with van der Waals surface area (Å²) in [7, 11) is 2.25. The van der Waals surface area contributed by atoms with E-state index in [-0.39, 0.29) is 6.10 Å². The van der Waals surface area contributed by atoms with Crippen molar-refractivity contribution in [2.24, 2.45) is 5.92 Å². The molecule has 1 aliphatic rings. The van der Waals surface area contributed by atoms with Gasteiger partial charge in [0.2, 0.25) is 0 Å². The molecule has 96 valence electrons. The third-order valence-electron chi connectivity index (χ3n) is 4.13. The molecule has 0 saturated heterocycles. The van der Waals surface area contributed by atoms with Crippen LogP contribution in [0.3, 0.4) is 0 Å². The second kappa shape index (κ2) is 7.29. The molecule has 0 spiro atoms. The molecule has 2 heteroatoms. The van der Waals surface area contributed by atoms with Crippen LogP contribution in [-0.2, 0) is 0 Å². The van der Waals surface area contributed by atoms with Gasteiger partial charge in [0.1, 0.15) is 0 Å². The maximum absolute atomic E-state index is 9.50. The third kappa shape index (κ3) is 4.84. The summed E-state index contributed by atoms with van der Waals surface area (Å²) in [5.41, 5.74) is 0. The van der Waals surface area contributed by atoms with E-state index in [0.717, 1.165) is 37.8 Å². The van der Waals surface area contributed by atoms with Crippen LogP contribution in [-0.4, -0.2) is 35.7 Å². The van der Waals surface area contributed by atoms with Crippen LogP contribution < -0.4 is 0 Å². The first-order chi connectivity index (χ1) is 7.63. The number of hydrogen-bond acceptors (Lipinski definition) is 2. The molecule has 1 fully saturated rings. The van der Waals surface area contributed by atoms with Gasteiger partial charge in [-0.25, -0.2) is 0 Å². The highest BCUT2D eigenvalue weighted by Crippen LogP contribution is 2.26. The Bertz CT molecular complexity index is 176.